The summed E-state index contributed by atoms with van der Waals surface area (Å²) in [6.07, 6.45) is 65.3. The van der Waals surface area contributed by atoms with E-state index >= 15 is 0 Å². The zero-order valence-electron chi connectivity index (χ0n) is 43.3. The Morgan fingerprint density at radius 1 is 0.323 bits per heavy atom. The molecule has 0 saturated heterocycles. The van der Waals surface area contributed by atoms with Gasteiger partial charge in [0, 0.05) is 19.3 Å². The van der Waals surface area contributed by atoms with Gasteiger partial charge in [-0.2, -0.15) is 0 Å². The summed E-state index contributed by atoms with van der Waals surface area (Å²) in [7, 11) is 0. The predicted molar refractivity (Wildman–Crippen MR) is 279 cm³/mol. The minimum absolute atomic E-state index is 0.0767. The fourth-order valence-electron chi connectivity index (χ4n) is 8.14. The lowest BCUT2D eigenvalue weighted by molar-refractivity contribution is -0.167. The number of carbonyl (C=O) groups excluding carboxylic acids is 3. The van der Waals surface area contributed by atoms with Crippen molar-refractivity contribution in [2.75, 3.05) is 13.2 Å². The van der Waals surface area contributed by atoms with Crippen LogP contribution in [0.5, 0.6) is 0 Å². The third-order valence-corrected chi connectivity index (χ3v) is 12.4. The lowest BCUT2D eigenvalue weighted by Gasteiger charge is -2.18. The summed E-state index contributed by atoms with van der Waals surface area (Å²) in [6, 6.07) is 0. The molecule has 0 heterocycles. The maximum Gasteiger partial charge on any atom is 0.306 e. The van der Waals surface area contributed by atoms with E-state index in [1.807, 2.05) is 0 Å². The maximum atomic E-state index is 12.8. The van der Waals surface area contributed by atoms with Gasteiger partial charge in [-0.1, -0.05) is 256 Å². The van der Waals surface area contributed by atoms with Gasteiger partial charge in [0.05, 0.1) is 0 Å². The number of ether oxygens (including phenoxy) is 3. The van der Waals surface area contributed by atoms with Crippen LogP contribution in [0, 0.1) is 0 Å². The quantitative estimate of drug-likeness (QED) is 0.0199. The van der Waals surface area contributed by atoms with Crippen LogP contribution in [0.2, 0.25) is 0 Å². The summed E-state index contributed by atoms with van der Waals surface area (Å²) in [5.74, 6) is -0.881. The van der Waals surface area contributed by atoms with E-state index < -0.39 is 6.10 Å². The molecule has 0 rings (SSSR count). The first kappa shape index (κ1) is 62.4. The van der Waals surface area contributed by atoms with Crippen LogP contribution in [0.1, 0.15) is 290 Å². The molecule has 0 radical (unpaired) electrons. The smallest absolute Gasteiger partial charge is 0.306 e. The molecule has 6 heteroatoms. The molecule has 0 aromatic heterocycles. The minimum Gasteiger partial charge on any atom is -0.462 e. The van der Waals surface area contributed by atoms with Crippen LogP contribution in [-0.2, 0) is 28.6 Å². The molecule has 1 unspecified atom stereocenters. The van der Waals surface area contributed by atoms with Crippen molar-refractivity contribution >= 4 is 17.9 Å². The van der Waals surface area contributed by atoms with E-state index in [0.717, 1.165) is 70.6 Å². The molecule has 378 valence electrons. The molecule has 0 aromatic rings. The Labute approximate surface area is 403 Å². The van der Waals surface area contributed by atoms with Gasteiger partial charge in [0.1, 0.15) is 13.2 Å². The van der Waals surface area contributed by atoms with Crippen LogP contribution < -0.4 is 0 Å². The number of carbonyl (C=O) groups is 3. The number of hydrogen-bond donors (Lipinski definition) is 0. The second-order valence-electron chi connectivity index (χ2n) is 18.9. The SMILES string of the molecule is CC\C=C/C=C\C=C/CCCCCCCCCC(=O)OC(COC(=O)CCCCCCCCC/C=C\CCCCCCCCCC)COC(=O)CCCCCCCCCCCCCCC. The minimum atomic E-state index is -0.778. The van der Waals surface area contributed by atoms with Gasteiger partial charge >= 0.3 is 17.9 Å². The predicted octanol–water partition coefficient (Wildman–Crippen LogP) is 18.7. The number of rotatable bonds is 51. The zero-order chi connectivity index (χ0) is 47.2. The van der Waals surface area contributed by atoms with Crippen LogP contribution in [0.3, 0.4) is 0 Å². The maximum absolute atomic E-state index is 12.8. The Kier molecular flexibility index (Phi) is 51.8. The van der Waals surface area contributed by atoms with Crippen molar-refractivity contribution in [3.05, 3.63) is 48.6 Å². The molecule has 0 fully saturated rings. The average Bonchev–Trinajstić information content (AvgIpc) is 3.30. The second-order valence-corrected chi connectivity index (χ2v) is 18.9. The normalized spacial score (nSPS) is 12.4. The van der Waals surface area contributed by atoms with Gasteiger partial charge in [-0.3, -0.25) is 14.4 Å². The molecule has 0 N–H and O–H groups in total. The molecule has 1 atom stereocenters. The third kappa shape index (κ3) is 52.2. The molecule has 0 spiro atoms. The summed E-state index contributed by atoms with van der Waals surface area (Å²) in [5.41, 5.74) is 0. The summed E-state index contributed by atoms with van der Waals surface area (Å²) in [5, 5.41) is 0. The van der Waals surface area contributed by atoms with Crippen molar-refractivity contribution < 1.29 is 28.6 Å². The topological polar surface area (TPSA) is 78.9 Å². The van der Waals surface area contributed by atoms with E-state index in [-0.39, 0.29) is 31.1 Å². The Hall–Kier alpha value is -2.63. The zero-order valence-corrected chi connectivity index (χ0v) is 43.3. The third-order valence-electron chi connectivity index (χ3n) is 12.4. The fraction of sp³-hybridized carbons (Fsp3) is 0.814. The highest BCUT2D eigenvalue weighted by Gasteiger charge is 2.19. The van der Waals surface area contributed by atoms with Crippen molar-refractivity contribution in [3.63, 3.8) is 0 Å². The monoisotopic (exact) mass is 911 g/mol. The first-order valence-corrected chi connectivity index (χ1v) is 28.2. The Balaban J connectivity index is 4.34. The molecule has 6 nitrogen and oxygen atoms in total. The van der Waals surface area contributed by atoms with E-state index in [0.29, 0.717) is 19.3 Å². The number of unbranched alkanes of at least 4 members (excludes halogenated alkanes) is 34. The molecule has 0 aromatic carbocycles. The average molecular weight is 911 g/mol. The Morgan fingerprint density at radius 2 is 0.615 bits per heavy atom. The van der Waals surface area contributed by atoms with Gasteiger partial charge in [0.2, 0.25) is 0 Å². The van der Waals surface area contributed by atoms with Crippen LogP contribution in [0.15, 0.2) is 48.6 Å². The lowest BCUT2D eigenvalue weighted by atomic mass is 10.0. The Bertz CT molecular complexity index is 1140. The van der Waals surface area contributed by atoms with E-state index in [2.05, 4.69) is 69.4 Å². The van der Waals surface area contributed by atoms with E-state index in [1.165, 1.54) is 180 Å². The molecular weight excluding hydrogens is 805 g/mol. The lowest BCUT2D eigenvalue weighted by Crippen LogP contribution is -2.30. The number of esters is 3. The largest absolute Gasteiger partial charge is 0.462 e. The van der Waals surface area contributed by atoms with Crippen molar-refractivity contribution in [3.8, 4) is 0 Å². The first-order valence-electron chi connectivity index (χ1n) is 28.2. The molecule has 65 heavy (non-hydrogen) atoms. The van der Waals surface area contributed by atoms with Crippen molar-refractivity contribution in [1.82, 2.24) is 0 Å². The molecule has 0 saturated carbocycles. The van der Waals surface area contributed by atoms with E-state index in [9.17, 15) is 14.4 Å². The standard InChI is InChI=1S/C59H106O6/c1-4-7-10-13-16-19-22-25-27-28-29-30-32-34-37-40-43-46-49-52-58(61)64-55-56(54-63-57(60)51-48-45-42-39-36-33-24-21-18-15-12-9-6-3)65-59(62)53-50-47-44-41-38-35-31-26-23-20-17-14-11-8-5-2/h8,11,14,17,20,23,28-29,56H,4-7,9-10,12-13,15-16,18-19,21-22,24-27,30-55H2,1-3H3/b11-8-,17-14-,23-20-,29-28-. The van der Waals surface area contributed by atoms with Gasteiger partial charge in [-0.15, -0.1) is 0 Å². The first-order chi connectivity index (χ1) is 32.0. The van der Waals surface area contributed by atoms with Crippen LogP contribution in [-0.4, -0.2) is 37.2 Å². The van der Waals surface area contributed by atoms with Gasteiger partial charge in [-0.25, -0.2) is 0 Å². The summed E-state index contributed by atoms with van der Waals surface area (Å²) < 4.78 is 16.8. The molecular formula is C59H106O6. The Morgan fingerprint density at radius 3 is 0.969 bits per heavy atom. The molecule has 0 amide bonds. The van der Waals surface area contributed by atoms with Gasteiger partial charge in [0.25, 0.3) is 0 Å². The summed E-state index contributed by atoms with van der Waals surface area (Å²) >= 11 is 0. The number of hydrogen-bond acceptors (Lipinski definition) is 6. The van der Waals surface area contributed by atoms with Crippen LogP contribution in [0.25, 0.3) is 0 Å². The molecule has 0 aliphatic heterocycles. The highest BCUT2D eigenvalue weighted by atomic mass is 16.6. The van der Waals surface area contributed by atoms with Crippen molar-refractivity contribution in [2.45, 2.75) is 297 Å². The second kappa shape index (κ2) is 54.0. The highest BCUT2D eigenvalue weighted by Crippen LogP contribution is 2.16. The summed E-state index contributed by atoms with van der Waals surface area (Å²) in [4.78, 5) is 38.1. The van der Waals surface area contributed by atoms with Gasteiger partial charge in [-0.05, 0) is 64.2 Å². The van der Waals surface area contributed by atoms with E-state index in [4.69, 9.17) is 14.2 Å². The van der Waals surface area contributed by atoms with Crippen molar-refractivity contribution in [1.29, 1.82) is 0 Å². The van der Waals surface area contributed by atoms with Crippen LogP contribution in [0.4, 0.5) is 0 Å². The molecule has 0 aliphatic rings. The summed E-state index contributed by atoms with van der Waals surface area (Å²) in [6.45, 7) is 6.52. The van der Waals surface area contributed by atoms with Gasteiger partial charge < -0.3 is 14.2 Å². The van der Waals surface area contributed by atoms with Crippen LogP contribution >= 0.6 is 0 Å². The number of allylic oxidation sites excluding steroid dienone is 8. The van der Waals surface area contributed by atoms with Crippen molar-refractivity contribution in [2.24, 2.45) is 0 Å². The van der Waals surface area contributed by atoms with E-state index in [1.54, 1.807) is 0 Å². The highest BCUT2D eigenvalue weighted by molar-refractivity contribution is 5.71. The van der Waals surface area contributed by atoms with Gasteiger partial charge in [0.15, 0.2) is 6.10 Å². The molecule has 0 bridgehead atoms. The fourth-order valence-corrected chi connectivity index (χ4v) is 8.14. The molecule has 0 aliphatic carbocycles.